The van der Waals surface area contributed by atoms with Crippen molar-refractivity contribution in [1.29, 1.82) is 0 Å². The van der Waals surface area contributed by atoms with Crippen molar-refractivity contribution in [2.24, 2.45) is 5.11 Å². The summed E-state index contributed by atoms with van der Waals surface area (Å²) >= 11 is 0. The van der Waals surface area contributed by atoms with E-state index in [0.29, 0.717) is 17.9 Å². The summed E-state index contributed by atoms with van der Waals surface area (Å²) in [6.45, 7) is 2.41. The minimum Gasteiger partial charge on any atom is -0.325 e. The standard InChI is InChI=1S/C12H15N5O/c13-16-15-11-5-3-4-10(8-11)14-12(18)9-17-6-1-2-7-17/h3-5,8H,1-2,6-7,9H2,(H,14,18). The summed E-state index contributed by atoms with van der Waals surface area (Å²) in [6, 6.07) is 6.87. The Labute approximate surface area is 105 Å². The first-order valence-electron chi connectivity index (χ1n) is 5.95. The molecule has 0 atom stereocenters. The van der Waals surface area contributed by atoms with E-state index in [-0.39, 0.29) is 5.91 Å². The maximum Gasteiger partial charge on any atom is 0.238 e. The van der Waals surface area contributed by atoms with Gasteiger partial charge in [0.25, 0.3) is 0 Å². The van der Waals surface area contributed by atoms with Crippen LogP contribution in [0.2, 0.25) is 0 Å². The molecule has 1 amide bonds. The Morgan fingerprint density at radius 2 is 2.22 bits per heavy atom. The van der Waals surface area contributed by atoms with Crippen LogP contribution in [0.25, 0.3) is 10.4 Å². The molecule has 0 aliphatic carbocycles. The number of azide groups is 1. The number of benzene rings is 1. The Hall–Kier alpha value is -2.04. The average Bonchev–Trinajstić information content (AvgIpc) is 2.82. The van der Waals surface area contributed by atoms with E-state index >= 15 is 0 Å². The highest BCUT2D eigenvalue weighted by atomic mass is 16.2. The van der Waals surface area contributed by atoms with Crippen LogP contribution in [0.15, 0.2) is 29.4 Å². The third kappa shape index (κ3) is 3.48. The lowest BCUT2D eigenvalue weighted by atomic mass is 10.3. The van der Waals surface area contributed by atoms with Gasteiger partial charge in [0, 0.05) is 16.3 Å². The van der Waals surface area contributed by atoms with E-state index in [4.69, 9.17) is 5.53 Å². The Morgan fingerprint density at radius 1 is 1.44 bits per heavy atom. The van der Waals surface area contributed by atoms with E-state index in [2.05, 4.69) is 20.2 Å². The minimum absolute atomic E-state index is 0.0324. The first kappa shape index (κ1) is 12.4. The number of carbonyl (C=O) groups excluding carboxylic acids is 1. The van der Waals surface area contributed by atoms with Gasteiger partial charge in [0.1, 0.15) is 0 Å². The van der Waals surface area contributed by atoms with Gasteiger partial charge in [-0.3, -0.25) is 9.69 Å². The SMILES string of the molecule is [N-]=[N+]=Nc1cccc(NC(=O)CN2CCCC2)c1. The van der Waals surface area contributed by atoms with Gasteiger partial charge in [-0.2, -0.15) is 0 Å². The number of anilines is 1. The summed E-state index contributed by atoms with van der Waals surface area (Å²) in [4.78, 5) is 16.6. The fraction of sp³-hybridized carbons (Fsp3) is 0.417. The fourth-order valence-electron chi connectivity index (χ4n) is 2.04. The first-order valence-corrected chi connectivity index (χ1v) is 5.95. The number of amides is 1. The number of likely N-dealkylation sites (tertiary alicyclic amines) is 1. The van der Waals surface area contributed by atoms with E-state index in [0.717, 1.165) is 13.1 Å². The number of rotatable bonds is 4. The number of carbonyl (C=O) groups is 1. The van der Waals surface area contributed by atoms with Crippen molar-refractivity contribution in [2.45, 2.75) is 12.8 Å². The zero-order valence-corrected chi connectivity index (χ0v) is 10.0. The summed E-state index contributed by atoms with van der Waals surface area (Å²) in [7, 11) is 0. The summed E-state index contributed by atoms with van der Waals surface area (Å²) in [5.41, 5.74) is 9.50. The van der Waals surface area contributed by atoms with Crippen LogP contribution in [0.5, 0.6) is 0 Å². The monoisotopic (exact) mass is 245 g/mol. The van der Waals surface area contributed by atoms with E-state index < -0.39 is 0 Å². The van der Waals surface area contributed by atoms with E-state index in [9.17, 15) is 4.79 Å². The topological polar surface area (TPSA) is 81.1 Å². The predicted octanol–water partition coefficient (Wildman–Crippen LogP) is 2.66. The van der Waals surface area contributed by atoms with E-state index in [1.54, 1.807) is 24.3 Å². The molecule has 1 saturated heterocycles. The van der Waals surface area contributed by atoms with Crippen molar-refractivity contribution >= 4 is 17.3 Å². The molecule has 0 spiro atoms. The van der Waals surface area contributed by atoms with Crippen molar-refractivity contribution in [3.8, 4) is 0 Å². The normalized spacial score (nSPS) is 15.1. The highest BCUT2D eigenvalue weighted by Crippen LogP contribution is 2.18. The Balaban J connectivity index is 1.93. The van der Waals surface area contributed by atoms with Gasteiger partial charge in [0.15, 0.2) is 0 Å². The van der Waals surface area contributed by atoms with Gasteiger partial charge in [0.2, 0.25) is 5.91 Å². The van der Waals surface area contributed by atoms with E-state index in [1.165, 1.54) is 12.8 Å². The van der Waals surface area contributed by atoms with Crippen LogP contribution in [0.4, 0.5) is 11.4 Å². The third-order valence-corrected chi connectivity index (χ3v) is 2.86. The van der Waals surface area contributed by atoms with Crippen LogP contribution in [0.3, 0.4) is 0 Å². The molecule has 1 aliphatic heterocycles. The fourth-order valence-corrected chi connectivity index (χ4v) is 2.04. The molecule has 0 radical (unpaired) electrons. The molecule has 1 N–H and O–H groups in total. The lowest BCUT2D eigenvalue weighted by molar-refractivity contribution is -0.117. The molecule has 1 aliphatic rings. The molecule has 0 saturated carbocycles. The molecule has 6 nitrogen and oxygen atoms in total. The molecule has 18 heavy (non-hydrogen) atoms. The molecule has 1 aromatic rings. The van der Waals surface area contributed by atoms with Crippen molar-refractivity contribution < 1.29 is 4.79 Å². The number of nitrogens with one attached hydrogen (secondary N) is 1. The second kappa shape index (κ2) is 6.05. The smallest absolute Gasteiger partial charge is 0.238 e. The van der Waals surface area contributed by atoms with Crippen LogP contribution >= 0.6 is 0 Å². The van der Waals surface area contributed by atoms with Crippen molar-refractivity contribution in [3.05, 3.63) is 34.7 Å². The molecule has 6 heteroatoms. The third-order valence-electron chi connectivity index (χ3n) is 2.86. The van der Waals surface area contributed by atoms with Gasteiger partial charge >= 0.3 is 0 Å². The van der Waals surface area contributed by atoms with Gasteiger partial charge in [-0.05, 0) is 43.6 Å². The second-order valence-electron chi connectivity index (χ2n) is 4.27. The Morgan fingerprint density at radius 3 is 2.94 bits per heavy atom. The minimum atomic E-state index is -0.0324. The molecule has 0 bridgehead atoms. The van der Waals surface area contributed by atoms with Crippen molar-refractivity contribution in [1.82, 2.24) is 4.90 Å². The number of nitrogens with zero attached hydrogens (tertiary/aromatic N) is 4. The molecule has 1 aromatic carbocycles. The molecule has 1 heterocycles. The molecular weight excluding hydrogens is 230 g/mol. The predicted molar refractivity (Wildman–Crippen MR) is 69.6 cm³/mol. The molecule has 2 rings (SSSR count). The highest BCUT2D eigenvalue weighted by molar-refractivity contribution is 5.92. The molecular formula is C12H15N5O. The van der Waals surface area contributed by atoms with Crippen LogP contribution in [-0.2, 0) is 4.79 Å². The zero-order chi connectivity index (χ0) is 12.8. The lowest BCUT2D eigenvalue weighted by Crippen LogP contribution is -2.30. The van der Waals surface area contributed by atoms with Crippen LogP contribution in [-0.4, -0.2) is 30.4 Å². The van der Waals surface area contributed by atoms with Crippen LogP contribution < -0.4 is 5.32 Å². The average molecular weight is 245 g/mol. The van der Waals surface area contributed by atoms with Crippen LogP contribution in [0, 0.1) is 0 Å². The largest absolute Gasteiger partial charge is 0.325 e. The summed E-state index contributed by atoms with van der Waals surface area (Å²) in [6.07, 6.45) is 2.33. The highest BCUT2D eigenvalue weighted by Gasteiger charge is 2.14. The zero-order valence-electron chi connectivity index (χ0n) is 10.0. The van der Waals surface area contributed by atoms with Crippen LogP contribution in [0.1, 0.15) is 12.8 Å². The van der Waals surface area contributed by atoms with Gasteiger partial charge < -0.3 is 5.32 Å². The number of hydrogen-bond donors (Lipinski definition) is 1. The summed E-state index contributed by atoms with van der Waals surface area (Å²) in [5.74, 6) is -0.0324. The Bertz CT molecular complexity index is 475. The molecule has 0 unspecified atom stereocenters. The molecule has 94 valence electrons. The van der Waals surface area contributed by atoms with Gasteiger partial charge in [-0.15, -0.1) is 0 Å². The van der Waals surface area contributed by atoms with Crippen molar-refractivity contribution in [3.63, 3.8) is 0 Å². The maximum absolute atomic E-state index is 11.8. The van der Waals surface area contributed by atoms with E-state index in [1.807, 2.05) is 0 Å². The lowest BCUT2D eigenvalue weighted by Gasteiger charge is -2.14. The number of hydrogen-bond acceptors (Lipinski definition) is 3. The molecule has 0 aromatic heterocycles. The maximum atomic E-state index is 11.8. The van der Waals surface area contributed by atoms with Gasteiger partial charge in [-0.25, -0.2) is 0 Å². The van der Waals surface area contributed by atoms with Gasteiger partial charge in [-0.1, -0.05) is 17.2 Å². The second-order valence-corrected chi connectivity index (χ2v) is 4.27. The quantitative estimate of drug-likeness (QED) is 0.502. The first-order chi connectivity index (χ1) is 8.78. The molecule has 1 fully saturated rings. The summed E-state index contributed by atoms with van der Waals surface area (Å²) in [5, 5.41) is 6.30. The Kier molecular flexibility index (Phi) is 4.17. The van der Waals surface area contributed by atoms with Crippen molar-refractivity contribution in [2.75, 3.05) is 25.0 Å². The van der Waals surface area contributed by atoms with Gasteiger partial charge in [0.05, 0.1) is 6.54 Å². The summed E-state index contributed by atoms with van der Waals surface area (Å²) < 4.78 is 0.